The molecule has 0 amide bonds. The van der Waals surface area contributed by atoms with Crippen molar-refractivity contribution < 1.29 is 4.79 Å². The normalized spacial score (nSPS) is 34.8. The Balaban J connectivity index is 1.90. The monoisotopic (exact) mass is 206 g/mol. The van der Waals surface area contributed by atoms with Crippen LogP contribution in [0.2, 0.25) is 0 Å². The molecule has 1 heteroatoms. The molecule has 3 unspecified atom stereocenters. The Bertz CT molecular complexity index is 277. The Kier molecular flexibility index (Phi) is 3.28. The Morgan fingerprint density at radius 2 is 2.13 bits per heavy atom. The largest absolute Gasteiger partial charge is 0.295 e. The van der Waals surface area contributed by atoms with Crippen molar-refractivity contribution in [2.45, 2.75) is 52.4 Å². The van der Waals surface area contributed by atoms with Crippen LogP contribution in [0.3, 0.4) is 0 Å². The van der Waals surface area contributed by atoms with Gasteiger partial charge >= 0.3 is 0 Å². The lowest BCUT2D eigenvalue weighted by Gasteiger charge is -2.21. The summed E-state index contributed by atoms with van der Waals surface area (Å²) in [6, 6.07) is 0. The SMILES string of the molecule is CC=C(CC)C(=O)CC1CC2CCC1C2. The van der Waals surface area contributed by atoms with Gasteiger partial charge in [0, 0.05) is 6.42 Å². The van der Waals surface area contributed by atoms with Crippen molar-refractivity contribution >= 4 is 5.78 Å². The average molecular weight is 206 g/mol. The number of hydrogen-bond donors (Lipinski definition) is 0. The maximum atomic E-state index is 12.0. The van der Waals surface area contributed by atoms with Crippen LogP contribution in [0.1, 0.15) is 52.4 Å². The molecule has 84 valence electrons. The highest BCUT2D eigenvalue weighted by molar-refractivity contribution is 5.95. The molecule has 0 aromatic carbocycles. The predicted octanol–water partition coefficient (Wildman–Crippen LogP) is 3.74. The van der Waals surface area contributed by atoms with Crippen molar-refractivity contribution in [2.24, 2.45) is 17.8 Å². The molecule has 0 aromatic heterocycles. The smallest absolute Gasteiger partial charge is 0.158 e. The molecule has 15 heavy (non-hydrogen) atoms. The first-order valence-corrected chi connectivity index (χ1v) is 6.43. The lowest BCUT2D eigenvalue weighted by Crippen LogP contribution is -2.16. The quantitative estimate of drug-likeness (QED) is 0.640. The fraction of sp³-hybridized carbons (Fsp3) is 0.786. The number of ketones is 1. The summed E-state index contributed by atoms with van der Waals surface area (Å²) in [5.74, 6) is 2.98. The van der Waals surface area contributed by atoms with E-state index in [9.17, 15) is 4.79 Å². The molecule has 3 atom stereocenters. The zero-order chi connectivity index (χ0) is 10.8. The highest BCUT2D eigenvalue weighted by atomic mass is 16.1. The summed E-state index contributed by atoms with van der Waals surface area (Å²) in [4.78, 5) is 12.0. The molecule has 0 aliphatic heterocycles. The van der Waals surface area contributed by atoms with Crippen LogP contribution in [-0.2, 0) is 4.79 Å². The summed E-state index contributed by atoms with van der Waals surface area (Å²) >= 11 is 0. The third kappa shape index (κ3) is 2.16. The van der Waals surface area contributed by atoms with E-state index in [1.807, 2.05) is 13.0 Å². The van der Waals surface area contributed by atoms with Crippen LogP contribution in [0.15, 0.2) is 11.6 Å². The van der Waals surface area contributed by atoms with Gasteiger partial charge in [-0.3, -0.25) is 4.79 Å². The zero-order valence-electron chi connectivity index (χ0n) is 9.96. The van der Waals surface area contributed by atoms with Crippen molar-refractivity contribution in [3.63, 3.8) is 0 Å². The first-order valence-electron chi connectivity index (χ1n) is 6.43. The summed E-state index contributed by atoms with van der Waals surface area (Å²) in [6.45, 7) is 4.06. The molecule has 0 heterocycles. The van der Waals surface area contributed by atoms with Gasteiger partial charge in [-0.25, -0.2) is 0 Å². The van der Waals surface area contributed by atoms with Gasteiger partial charge in [-0.1, -0.05) is 19.4 Å². The van der Waals surface area contributed by atoms with E-state index in [4.69, 9.17) is 0 Å². The number of fused-ring (bicyclic) bond motifs is 2. The molecule has 0 N–H and O–H groups in total. The van der Waals surface area contributed by atoms with Crippen molar-refractivity contribution in [1.82, 2.24) is 0 Å². The van der Waals surface area contributed by atoms with E-state index in [1.54, 1.807) is 0 Å². The molecule has 0 spiro atoms. The van der Waals surface area contributed by atoms with Gasteiger partial charge < -0.3 is 0 Å². The molecular weight excluding hydrogens is 184 g/mol. The Morgan fingerprint density at radius 1 is 1.33 bits per heavy atom. The predicted molar refractivity (Wildman–Crippen MR) is 62.6 cm³/mol. The second-order valence-electron chi connectivity index (χ2n) is 5.23. The van der Waals surface area contributed by atoms with Gasteiger partial charge in [0.2, 0.25) is 0 Å². The molecule has 1 nitrogen and oxygen atoms in total. The summed E-state index contributed by atoms with van der Waals surface area (Å²) in [7, 11) is 0. The molecular formula is C14H22O. The number of carbonyl (C=O) groups excluding carboxylic acids is 1. The molecule has 0 saturated heterocycles. The van der Waals surface area contributed by atoms with Crippen LogP contribution in [0.25, 0.3) is 0 Å². The van der Waals surface area contributed by atoms with Crippen molar-refractivity contribution in [1.29, 1.82) is 0 Å². The molecule has 2 aliphatic carbocycles. The third-order valence-electron chi connectivity index (χ3n) is 4.42. The van der Waals surface area contributed by atoms with Crippen LogP contribution in [0.5, 0.6) is 0 Å². The number of Topliss-reactive ketones (excluding diaryl/α,β-unsaturated/α-hetero) is 1. The Labute approximate surface area is 92.9 Å². The number of rotatable bonds is 4. The molecule has 0 aromatic rings. The number of carbonyl (C=O) groups is 1. The van der Waals surface area contributed by atoms with E-state index < -0.39 is 0 Å². The van der Waals surface area contributed by atoms with E-state index in [0.29, 0.717) is 5.78 Å². The standard InChI is InChI=1S/C14H22O/c1-3-11(4-2)14(15)9-13-8-10-5-6-12(13)7-10/h3,10,12-13H,4-9H2,1-2H3. The highest BCUT2D eigenvalue weighted by Crippen LogP contribution is 2.49. The lowest BCUT2D eigenvalue weighted by atomic mass is 9.84. The van der Waals surface area contributed by atoms with E-state index in [-0.39, 0.29) is 0 Å². The molecule has 2 saturated carbocycles. The van der Waals surface area contributed by atoms with Crippen molar-refractivity contribution in [3.8, 4) is 0 Å². The van der Waals surface area contributed by atoms with Gasteiger partial charge in [-0.2, -0.15) is 0 Å². The molecule has 2 aliphatic rings. The summed E-state index contributed by atoms with van der Waals surface area (Å²) in [6.07, 6.45) is 9.28. The fourth-order valence-electron chi connectivity index (χ4n) is 3.56. The second-order valence-corrected chi connectivity index (χ2v) is 5.23. The Morgan fingerprint density at radius 3 is 2.60 bits per heavy atom. The maximum Gasteiger partial charge on any atom is 0.158 e. The van der Waals surface area contributed by atoms with Crippen LogP contribution in [0, 0.1) is 17.8 Å². The molecule has 0 radical (unpaired) electrons. The number of hydrogen-bond acceptors (Lipinski definition) is 1. The van der Waals surface area contributed by atoms with E-state index >= 15 is 0 Å². The minimum atomic E-state index is 0.414. The lowest BCUT2D eigenvalue weighted by molar-refractivity contribution is -0.116. The van der Waals surface area contributed by atoms with Gasteiger partial charge in [0.05, 0.1) is 0 Å². The zero-order valence-corrected chi connectivity index (χ0v) is 9.96. The van der Waals surface area contributed by atoms with Gasteiger partial charge in [0.1, 0.15) is 0 Å². The maximum absolute atomic E-state index is 12.0. The summed E-state index contributed by atoms with van der Waals surface area (Å²) in [5, 5.41) is 0. The minimum absolute atomic E-state index is 0.414. The second kappa shape index (κ2) is 4.51. The van der Waals surface area contributed by atoms with E-state index in [1.165, 1.54) is 25.7 Å². The van der Waals surface area contributed by atoms with Gasteiger partial charge in [-0.15, -0.1) is 0 Å². The van der Waals surface area contributed by atoms with Crippen LogP contribution >= 0.6 is 0 Å². The minimum Gasteiger partial charge on any atom is -0.295 e. The van der Waals surface area contributed by atoms with E-state index in [2.05, 4.69) is 6.92 Å². The van der Waals surface area contributed by atoms with Crippen LogP contribution < -0.4 is 0 Å². The van der Waals surface area contributed by atoms with Gasteiger partial charge in [0.15, 0.2) is 5.78 Å². The van der Waals surface area contributed by atoms with Crippen LogP contribution in [-0.4, -0.2) is 5.78 Å². The first kappa shape index (κ1) is 10.9. The summed E-state index contributed by atoms with van der Waals surface area (Å²) in [5.41, 5.74) is 1.04. The van der Waals surface area contributed by atoms with Crippen molar-refractivity contribution in [3.05, 3.63) is 11.6 Å². The fourth-order valence-corrected chi connectivity index (χ4v) is 3.56. The Hall–Kier alpha value is -0.590. The van der Waals surface area contributed by atoms with Crippen molar-refractivity contribution in [2.75, 3.05) is 0 Å². The van der Waals surface area contributed by atoms with Crippen LogP contribution in [0.4, 0.5) is 0 Å². The topological polar surface area (TPSA) is 17.1 Å². The van der Waals surface area contributed by atoms with Gasteiger partial charge in [-0.05, 0) is 55.9 Å². The molecule has 2 bridgehead atoms. The average Bonchev–Trinajstić information content (AvgIpc) is 2.81. The first-order chi connectivity index (χ1) is 7.24. The molecule has 2 fully saturated rings. The van der Waals surface area contributed by atoms with E-state index in [0.717, 1.165) is 36.2 Å². The molecule has 2 rings (SSSR count). The summed E-state index contributed by atoms with van der Waals surface area (Å²) < 4.78 is 0. The number of allylic oxidation sites excluding steroid dienone is 2. The highest BCUT2D eigenvalue weighted by Gasteiger charge is 2.40. The van der Waals surface area contributed by atoms with Gasteiger partial charge in [0.25, 0.3) is 0 Å². The third-order valence-corrected chi connectivity index (χ3v) is 4.42.